The smallest absolute Gasteiger partial charge is 0.348 e. The van der Waals surface area contributed by atoms with Gasteiger partial charge in [0.05, 0.1) is 79.3 Å². The lowest BCUT2D eigenvalue weighted by atomic mass is 10.1. The van der Waals surface area contributed by atoms with Crippen LogP contribution in [0.15, 0.2) is 0 Å². The monoisotopic (exact) mass is 608 g/mol. The van der Waals surface area contributed by atoms with Crippen LogP contribution in [0.4, 0.5) is 0 Å². The molecule has 1 saturated heterocycles. The summed E-state index contributed by atoms with van der Waals surface area (Å²) < 4.78 is 53.2. The normalized spacial score (nSPS) is 17.0. The molecule has 0 radical (unpaired) electrons. The molecule has 0 bridgehead atoms. The van der Waals surface area contributed by atoms with Crippen molar-refractivity contribution < 1.29 is 57.0 Å². The molecule has 1 rings (SSSR count). The number of cyclic esters (lactones) is 2. The van der Waals surface area contributed by atoms with Gasteiger partial charge in [-0.15, -0.1) is 0 Å². The van der Waals surface area contributed by atoms with E-state index in [1.807, 2.05) is 0 Å². The SMILES string of the molecule is COCCOCCOCCOCCCCCCC1OC(=O)C(CCCCCCOCCOCCOCCOC)OC1=O. The lowest BCUT2D eigenvalue weighted by Crippen LogP contribution is -2.43. The van der Waals surface area contributed by atoms with Crippen molar-refractivity contribution in [3.05, 3.63) is 0 Å². The second-order valence-corrected chi connectivity index (χ2v) is 9.92. The average molecular weight is 609 g/mol. The summed E-state index contributed by atoms with van der Waals surface area (Å²) in [5.74, 6) is -0.853. The number of carbonyl (C=O) groups excluding carboxylic acids is 2. The molecule has 0 aromatic rings. The largest absolute Gasteiger partial charge is 0.448 e. The van der Waals surface area contributed by atoms with Gasteiger partial charge in [0.15, 0.2) is 12.2 Å². The number of hydrogen-bond donors (Lipinski definition) is 0. The van der Waals surface area contributed by atoms with Gasteiger partial charge in [0, 0.05) is 27.4 Å². The highest BCUT2D eigenvalue weighted by atomic mass is 16.6. The van der Waals surface area contributed by atoms with Gasteiger partial charge in [-0.1, -0.05) is 25.7 Å². The minimum atomic E-state index is -0.787. The van der Waals surface area contributed by atoms with E-state index < -0.39 is 24.1 Å². The molecule has 0 aromatic carbocycles. The Morgan fingerprint density at radius 1 is 0.405 bits per heavy atom. The van der Waals surface area contributed by atoms with Gasteiger partial charge < -0.3 is 47.4 Å². The number of rotatable bonds is 32. The number of ether oxygens (including phenoxy) is 10. The van der Waals surface area contributed by atoms with Gasteiger partial charge in [0.25, 0.3) is 0 Å². The topological polar surface area (TPSA) is 126 Å². The van der Waals surface area contributed by atoms with E-state index in [1.54, 1.807) is 14.2 Å². The van der Waals surface area contributed by atoms with Crippen LogP contribution >= 0.6 is 0 Å². The van der Waals surface area contributed by atoms with E-state index in [2.05, 4.69) is 0 Å². The van der Waals surface area contributed by atoms with Crippen LogP contribution in [0.1, 0.15) is 64.2 Å². The summed E-state index contributed by atoms with van der Waals surface area (Å²) in [7, 11) is 3.28. The summed E-state index contributed by atoms with van der Waals surface area (Å²) in [6.45, 7) is 8.06. The number of unbranched alkanes of at least 4 members (excludes halogenated alkanes) is 6. The molecule has 0 aromatic heterocycles. The first-order chi connectivity index (χ1) is 20.7. The Morgan fingerprint density at radius 2 is 0.690 bits per heavy atom. The van der Waals surface area contributed by atoms with Gasteiger partial charge >= 0.3 is 11.9 Å². The Kier molecular flexibility index (Phi) is 27.3. The van der Waals surface area contributed by atoms with Gasteiger partial charge in [-0.3, -0.25) is 0 Å². The maximum absolute atomic E-state index is 12.3. The maximum atomic E-state index is 12.3. The second kappa shape index (κ2) is 29.7. The minimum absolute atomic E-state index is 0.427. The van der Waals surface area contributed by atoms with Crippen molar-refractivity contribution in [2.75, 3.05) is 107 Å². The molecule has 12 nitrogen and oxygen atoms in total. The molecular formula is C30H56O12. The lowest BCUT2D eigenvalue weighted by Gasteiger charge is -2.27. The Hall–Kier alpha value is -1.38. The maximum Gasteiger partial charge on any atom is 0.348 e. The molecular weight excluding hydrogens is 552 g/mol. The summed E-state index contributed by atoms with van der Waals surface area (Å²) in [5.41, 5.74) is 0. The highest BCUT2D eigenvalue weighted by Gasteiger charge is 2.37. The fourth-order valence-electron chi connectivity index (χ4n) is 4.03. The molecule has 1 fully saturated rings. The number of esters is 2. The summed E-state index contributed by atoms with van der Waals surface area (Å²) in [5, 5.41) is 0. The van der Waals surface area contributed by atoms with E-state index >= 15 is 0 Å². The standard InChI is InChI=1S/C30H56O12/c1-33-15-17-37-23-25-39-21-19-35-13-9-5-3-7-11-27-29(31)42-28(30(32)41-27)12-8-4-6-10-14-36-20-22-40-26-24-38-18-16-34-2/h27-28H,3-26H2,1-2H3. The predicted octanol–water partition coefficient (Wildman–Crippen LogP) is 3.12. The van der Waals surface area contributed by atoms with Gasteiger partial charge in [-0.05, 0) is 38.5 Å². The molecule has 0 amide bonds. The molecule has 248 valence electrons. The Balaban J connectivity index is 1.88. The van der Waals surface area contributed by atoms with E-state index in [0.717, 1.165) is 51.4 Å². The first-order valence-electron chi connectivity index (χ1n) is 15.5. The van der Waals surface area contributed by atoms with Crippen LogP contribution in [0, 0.1) is 0 Å². The quantitative estimate of drug-likeness (QED) is 0.0823. The average Bonchev–Trinajstić information content (AvgIpc) is 2.99. The Bertz CT molecular complexity index is 569. The van der Waals surface area contributed by atoms with E-state index in [1.165, 1.54) is 0 Å². The third-order valence-corrected chi connectivity index (χ3v) is 6.40. The van der Waals surface area contributed by atoms with Gasteiger partial charge in [-0.2, -0.15) is 0 Å². The summed E-state index contributed by atoms with van der Waals surface area (Å²) in [6.07, 6.45) is 6.70. The van der Waals surface area contributed by atoms with Crippen molar-refractivity contribution in [1.82, 2.24) is 0 Å². The van der Waals surface area contributed by atoms with Crippen LogP contribution in [0.25, 0.3) is 0 Å². The fourth-order valence-corrected chi connectivity index (χ4v) is 4.03. The predicted molar refractivity (Wildman–Crippen MR) is 155 cm³/mol. The molecule has 0 N–H and O–H groups in total. The van der Waals surface area contributed by atoms with Crippen LogP contribution in [-0.2, 0) is 57.0 Å². The summed E-state index contributed by atoms with van der Waals surface area (Å²) in [4.78, 5) is 24.6. The van der Waals surface area contributed by atoms with Crippen LogP contribution in [0.5, 0.6) is 0 Å². The number of methoxy groups -OCH3 is 2. The molecule has 1 heterocycles. The van der Waals surface area contributed by atoms with Crippen LogP contribution in [0.2, 0.25) is 0 Å². The second-order valence-electron chi connectivity index (χ2n) is 9.92. The molecule has 0 saturated carbocycles. The Morgan fingerprint density at radius 3 is 1.02 bits per heavy atom. The zero-order chi connectivity index (χ0) is 30.4. The van der Waals surface area contributed by atoms with Gasteiger partial charge in [0.1, 0.15) is 0 Å². The van der Waals surface area contributed by atoms with Crippen molar-refractivity contribution in [2.45, 2.75) is 76.4 Å². The van der Waals surface area contributed by atoms with E-state index in [-0.39, 0.29) is 0 Å². The number of carbonyl (C=O) groups is 2. The third-order valence-electron chi connectivity index (χ3n) is 6.40. The summed E-state index contributed by atoms with van der Waals surface area (Å²) >= 11 is 0. The van der Waals surface area contributed by atoms with Crippen molar-refractivity contribution in [3.63, 3.8) is 0 Å². The first kappa shape index (κ1) is 38.6. The zero-order valence-corrected chi connectivity index (χ0v) is 26.0. The van der Waals surface area contributed by atoms with Crippen molar-refractivity contribution in [1.29, 1.82) is 0 Å². The van der Waals surface area contributed by atoms with E-state index in [4.69, 9.17) is 47.4 Å². The van der Waals surface area contributed by atoms with Crippen molar-refractivity contribution in [3.8, 4) is 0 Å². The lowest BCUT2D eigenvalue weighted by molar-refractivity contribution is -0.196. The Labute approximate surface area is 252 Å². The molecule has 42 heavy (non-hydrogen) atoms. The van der Waals surface area contributed by atoms with Crippen LogP contribution in [0.3, 0.4) is 0 Å². The molecule has 0 aliphatic carbocycles. The fraction of sp³-hybridized carbons (Fsp3) is 0.933. The molecule has 0 spiro atoms. The van der Waals surface area contributed by atoms with Crippen molar-refractivity contribution in [2.24, 2.45) is 0 Å². The summed E-state index contributed by atoms with van der Waals surface area (Å²) in [6, 6.07) is 0. The molecule has 2 unspecified atom stereocenters. The molecule has 1 aliphatic heterocycles. The van der Waals surface area contributed by atoms with Crippen LogP contribution in [-0.4, -0.2) is 131 Å². The highest BCUT2D eigenvalue weighted by Crippen LogP contribution is 2.20. The minimum Gasteiger partial charge on any atom is -0.448 e. The highest BCUT2D eigenvalue weighted by molar-refractivity contribution is 5.87. The third kappa shape index (κ3) is 23.1. The first-order valence-corrected chi connectivity index (χ1v) is 15.5. The molecule has 1 aliphatic rings. The molecule has 2 atom stereocenters. The number of hydrogen-bond acceptors (Lipinski definition) is 12. The van der Waals surface area contributed by atoms with E-state index in [9.17, 15) is 9.59 Å². The zero-order valence-electron chi connectivity index (χ0n) is 26.0. The van der Waals surface area contributed by atoms with Gasteiger partial charge in [-0.25, -0.2) is 9.59 Å². The van der Waals surface area contributed by atoms with Gasteiger partial charge in [0.2, 0.25) is 0 Å². The van der Waals surface area contributed by atoms with E-state index in [0.29, 0.717) is 105 Å². The van der Waals surface area contributed by atoms with Crippen molar-refractivity contribution >= 4 is 11.9 Å². The van der Waals surface area contributed by atoms with Crippen LogP contribution < -0.4 is 0 Å². The molecule has 12 heteroatoms.